The van der Waals surface area contributed by atoms with Crippen LogP contribution in [0.2, 0.25) is 0 Å². The van der Waals surface area contributed by atoms with Crippen molar-refractivity contribution in [3.05, 3.63) is 70.8 Å². The largest absolute Gasteiger partial charge is 0.204 e. The molecule has 0 saturated carbocycles. The lowest BCUT2D eigenvalue weighted by Crippen LogP contribution is -1.87. The SMILES string of the molecule is CCc1ccc(C=NN=Cc2ccc(F)c(F)c2)cc1. The monoisotopic (exact) mass is 272 g/mol. The van der Waals surface area contributed by atoms with Crippen LogP contribution < -0.4 is 0 Å². The smallest absolute Gasteiger partial charge is 0.159 e. The van der Waals surface area contributed by atoms with Crippen molar-refractivity contribution in [1.29, 1.82) is 0 Å². The van der Waals surface area contributed by atoms with E-state index >= 15 is 0 Å². The van der Waals surface area contributed by atoms with Gasteiger partial charge in [0.1, 0.15) is 0 Å². The molecule has 0 bridgehead atoms. The van der Waals surface area contributed by atoms with Crippen LogP contribution in [0.3, 0.4) is 0 Å². The Morgan fingerprint density at radius 3 is 2.05 bits per heavy atom. The minimum absolute atomic E-state index is 0.461. The Bertz CT molecular complexity index is 631. The zero-order valence-corrected chi connectivity index (χ0v) is 11.1. The lowest BCUT2D eigenvalue weighted by atomic mass is 10.1. The van der Waals surface area contributed by atoms with E-state index in [1.165, 1.54) is 17.8 Å². The second kappa shape index (κ2) is 6.70. The lowest BCUT2D eigenvalue weighted by Gasteiger charge is -1.96. The van der Waals surface area contributed by atoms with Gasteiger partial charge in [0, 0.05) is 0 Å². The molecule has 0 heterocycles. The highest BCUT2D eigenvalue weighted by Gasteiger charge is 1.99. The molecular weight excluding hydrogens is 258 g/mol. The van der Waals surface area contributed by atoms with Gasteiger partial charge in [0.05, 0.1) is 12.4 Å². The first kappa shape index (κ1) is 14.1. The number of hydrogen-bond donors (Lipinski definition) is 0. The molecule has 0 fully saturated rings. The molecule has 0 unspecified atom stereocenters. The third-order valence-electron chi connectivity index (χ3n) is 2.81. The van der Waals surface area contributed by atoms with Crippen molar-refractivity contribution in [3.8, 4) is 0 Å². The average Bonchev–Trinajstić information content (AvgIpc) is 2.48. The van der Waals surface area contributed by atoms with Gasteiger partial charge in [0.25, 0.3) is 0 Å². The van der Waals surface area contributed by atoms with E-state index in [0.717, 1.165) is 24.1 Å². The van der Waals surface area contributed by atoms with Gasteiger partial charge in [-0.15, -0.1) is 0 Å². The molecule has 20 heavy (non-hydrogen) atoms. The molecule has 0 amide bonds. The first-order chi connectivity index (χ1) is 9.69. The van der Waals surface area contributed by atoms with E-state index in [1.54, 1.807) is 6.21 Å². The van der Waals surface area contributed by atoms with Gasteiger partial charge in [0.15, 0.2) is 11.6 Å². The minimum atomic E-state index is -0.895. The molecule has 2 aromatic rings. The fourth-order valence-electron chi connectivity index (χ4n) is 1.63. The standard InChI is InChI=1S/C16H14F2N2/c1-2-12-3-5-13(6-4-12)10-19-20-11-14-7-8-15(17)16(18)9-14/h3-11H,2H2,1H3. The molecule has 0 atom stereocenters. The van der Waals surface area contributed by atoms with Crippen molar-refractivity contribution in [3.63, 3.8) is 0 Å². The molecular formula is C16H14F2N2. The van der Waals surface area contributed by atoms with E-state index in [2.05, 4.69) is 17.1 Å². The van der Waals surface area contributed by atoms with Crippen molar-refractivity contribution in [2.75, 3.05) is 0 Å². The van der Waals surface area contributed by atoms with Crippen LogP contribution in [0.25, 0.3) is 0 Å². The van der Waals surface area contributed by atoms with Crippen molar-refractivity contribution in [2.24, 2.45) is 10.2 Å². The summed E-state index contributed by atoms with van der Waals surface area (Å²) >= 11 is 0. The molecule has 0 radical (unpaired) electrons. The maximum atomic E-state index is 12.9. The summed E-state index contributed by atoms with van der Waals surface area (Å²) in [6, 6.07) is 11.5. The fraction of sp³-hybridized carbons (Fsp3) is 0.125. The van der Waals surface area contributed by atoms with Crippen molar-refractivity contribution in [2.45, 2.75) is 13.3 Å². The molecule has 0 saturated heterocycles. The van der Waals surface area contributed by atoms with Gasteiger partial charge in [-0.1, -0.05) is 37.3 Å². The number of halogens is 2. The first-order valence-corrected chi connectivity index (χ1v) is 6.29. The molecule has 2 nitrogen and oxygen atoms in total. The van der Waals surface area contributed by atoms with Crippen molar-refractivity contribution in [1.82, 2.24) is 0 Å². The molecule has 0 aliphatic carbocycles. The fourth-order valence-corrected chi connectivity index (χ4v) is 1.63. The van der Waals surface area contributed by atoms with E-state index in [9.17, 15) is 8.78 Å². The van der Waals surface area contributed by atoms with E-state index < -0.39 is 11.6 Å². The summed E-state index contributed by atoms with van der Waals surface area (Å²) in [5, 5.41) is 7.68. The number of hydrogen-bond acceptors (Lipinski definition) is 2. The summed E-state index contributed by atoms with van der Waals surface area (Å²) in [5.41, 5.74) is 2.65. The molecule has 0 aliphatic rings. The molecule has 2 rings (SSSR count). The number of benzene rings is 2. The molecule has 0 spiro atoms. The summed E-state index contributed by atoms with van der Waals surface area (Å²) in [5.74, 6) is -1.77. The van der Waals surface area contributed by atoms with Gasteiger partial charge in [0.2, 0.25) is 0 Å². The predicted octanol–water partition coefficient (Wildman–Crippen LogP) is 3.98. The highest BCUT2D eigenvalue weighted by atomic mass is 19.2. The van der Waals surface area contributed by atoms with Gasteiger partial charge in [-0.25, -0.2) is 8.78 Å². The van der Waals surface area contributed by atoms with Crippen LogP contribution in [0.15, 0.2) is 52.7 Å². The van der Waals surface area contributed by atoms with Crippen LogP contribution >= 0.6 is 0 Å². The second-order valence-corrected chi connectivity index (χ2v) is 4.26. The van der Waals surface area contributed by atoms with Gasteiger partial charge in [-0.3, -0.25) is 0 Å². The van der Waals surface area contributed by atoms with E-state index in [4.69, 9.17) is 0 Å². The quantitative estimate of drug-likeness (QED) is 0.594. The van der Waals surface area contributed by atoms with Crippen molar-refractivity contribution < 1.29 is 8.78 Å². The molecule has 102 valence electrons. The number of nitrogens with zero attached hydrogens (tertiary/aromatic N) is 2. The first-order valence-electron chi connectivity index (χ1n) is 6.29. The molecule has 2 aromatic carbocycles. The highest BCUT2D eigenvalue weighted by molar-refractivity contribution is 5.82. The maximum Gasteiger partial charge on any atom is 0.159 e. The van der Waals surface area contributed by atoms with Gasteiger partial charge in [-0.2, -0.15) is 10.2 Å². The van der Waals surface area contributed by atoms with Crippen LogP contribution in [0.5, 0.6) is 0 Å². The maximum absolute atomic E-state index is 12.9. The van der Waals surface area contributed by atoms with E-state index in [0.29, 0.717) is 5.56 Å². The second-order valence-electron chi connectivity index (χ2n) is 4.26. The average molecular weight is 272 g/mol. The zero-order chi connectivity index (χ0) is 14.4. The molecule has 0 N–H and O–H groups in total. The van der Waals surface area contributed by atoms with Gasteiger partial charge >= 0.3 is 0 Å². The van der Waals surface area contributed by atoms with Crippen molar-refractivity contribution >= 4 is 12.4 Å². The van der Waals surface area contributed by atoms with Gasteiger partial charge < -0.3 is 0 Å². The summed E-state index contributed by atoms with van der Waals surface area (Å²) in [4.78, 5) is 0. The molecule has 0 aliphatic heterocycles. The van der Waals surface area contributed by atoms with Crippen LogP contribution in [-0.2, 0) is 6.42 Å². The Morgan fingerprint density at radius 2 is 1.45 bits per heavy atom. The molecule has 4 heteroatoms. The highest BCUT2D eigenvalue weighted by Crippen LogP contribution is 2.07. The van der Waals surface area contributed by atoms with Crippen LogP contribution in [0.1, 0.15) is 23.6 Å². The summed E-state index contributed by atoms with van der Waals surface area (Å²) < 4.78 is 25.7. The van der Waals surface area contributed by atoms with Crippen LogP contribution in [-0.4, -0.2) is 12.4 Å². The zero-order valence-electron chi connectivity index (χ0n) is 11.1. The summed E-state index contributed by atoms with van der Waals surface area (Å²) in [6.45, 7) is 2.09. The Labute approximate surface area is 116 Å². The van der Waals surface area contributed by atoms with Crippen LogP contribution in [0, 0.1) is 11.6 Å². The Kier molecular flexibility index (Phi) is 4.71. The summed E-state index contributed by atoms with van der Waals surface area (Å²) in [6.07, 6.45) is 3.97. The van der Waals surface area contributed by atoms with E-state index in [1.807, 2.05) is 24.3 Å². The molecule has 0 aromatic heterocycles. The topological polar surface area (TPSA) is 24.7 Å². The van der Waals surface area contributed by atoms with Crippen LogP contribution in [0.4, 0.5) is 8.78 Å². The number of rotatable bonds is 4. The normalized spacial score (nSPS) is 11.6. The predicted molar refractivity (Wildman–Crippen MR) is 77.4 cm³/mol. The van der Waals surface area contributed by atoms with Gasteiger partial charge in [-0.05, 0) is 35.2 Å². The van der Waals surface area contributed by atoms with E-state index in [-0.39, 0.29) is 0 Å². The Balaban J connectivity index is 2.01. The number of aryl methyl sites for hydroxylation is 1. The lowest BCUT2D eigenvalue weighted by molar-refractivity contribution is 0.508. The minimum Gasteiger partial charge on any atom is -0.204 e. The Morgan fingerprint density at radius 1 is 0.850 bits per heavy atom. The third kappa shape index (κ3) is 3.82. The Hall–Kier alpha value is -2.36. The summed E-state index contributed by atoms with van der Waals surface area (Å²) in [7, 11) is 0. The third-order valence-corrected chi connectivity index (χ3v) is 2.81.